The number of hydrogen-bond donors (Lipinski definition) is 1. The fraction of sp³-hybridized carbons (Fsp3) is 0.0833. The second-order valence-corrected chi connectivity index (χ2v) is 4.87. The van der Waals surface area contributed by atoms with Gasteiger partial charge >= 0.3 is 0 Å². The first kappa shape index (κ1) is 12.2. The van der Waals surface area contributed by atoms with Gasteiger partial charge in [0, 0.05) is 10.6 Å². The average Bonchev–Trinajstić information content (AvgIpc) is 2.30. The summed E-state index contributed by atoms with van der Waals surface area (Å²) in [4.78, 5) is 4.98. The summed E-state index contributed by atoms with van der Waals surface area (Å²) in [5.41, 5.74) is 6.29. The second kappa shape index (κ2) is 5.38. The minimum atomic E-state index is -0.248. The van der Waals surface area contributed by atoms with E-state index in [1.807, 2.05) is 6.07 Å². The van der Waals surface area contributed by atoms with Crippen molar-refractivity contribution in [2.45, 2.75) is 10.6 Å². The molecule has 0 unspecified atom stereocenters. The van der Waals surface area contributed by atoms with Crippen LogP contribution in [0, 0.1) is 5.82 Å². The molecule has 1 aromatic heterocycles. The Hall–Kier alpha value is -1.26. The number of pyridine rings is 1. The van der Waals surface area contributed by atoms with Crippen LogP contribution in [-0.2, 0) is 5.75 Å². The maximum absolute atomic E-state index is 13.0. The molecule has 88 valence electrons. The van der Waals surface area contributed by atoms with Crippen molar-refractivity contribution in [1.29, 1.82) is 0 Å². The van der Waals surface area contributed by atoms with Gasteiger partial charge in [-0.3, -0.25) is 0 Å². The van der Waals surface area contributed by atoms with Crippen molar-refractivity contribution in [3.8, 4) is 0 Å². The number of nitrogens with zero attached hydrogens (tertiary/aromatic N) is 1. The molecule has 0 aliphatic rings. The molecule has 0 aliphatic carbocycles. The number of nitrogen functional groups attached to an aromatic ring is 1. The van der Waals surface area contributed by atoms with Crippen molar-refractivity contribution in [2.75, 3.05) is 5.73 Å². The first-order valence-corrected chi connectivity index (χ1v) is 6.31. The molecule has 0 amide bonds. The van der Waals surface area contributed by atoms with Crippen LogP contribution in [-0.4, -0.2) is 4.98 Å². The van der Waals surface area contributed by atoms with E-state index in [2.05, 4.69) is 4.98 Å². The summed E-state index contributed by atoms with van der Waals surface area (Å²) in [5.74, 6) is 0.749. The molecular weight excluding hydrogens is 259 g/mol. The SMILES string of the molecule is Nc1ccc(Cl)c(CSc2cccc(F)c2)n1. The van der Waals surface area contributed by atoms with Crippen LogP contribution < -0.4 is 5.73 Å². The maximum Gasteiger partial charge on any atom is 0.124 e. The second-order valence-electron chi connectivity index (χ2n) is 3.41. The molecule has 2 rings (SSSR count). The number of aromatic nitrogens is 1. The van der Waals surface area contributed by atoms with E-state index in [1.54, 1.807) is 18.2 Å². The number of nitrogens with two attached hydrogens (primary N) is 1. The monoisotopic (exact) mass is 268 g/mol. The standard InChI is InChI=1S/C12H10ClFN2S/c13-10-4-5-12(15)16-11(10)7-17-9-3-1-2-8(14)6-9/h1-6H,7H2,(H2,15,16). The fourth-order valence-electron chi connectivity index (χ4n) is 1.31. The zero-order valence-electron chi connectivity index (χ0n) is 8.86. The lowest BCUT2D eigenvalue weighted by Gasteiger charge is -2.04. The van der Waals surface area contributed by atoms with Crippen molar-refractivity contribution in [1.82, 2.24) is 4.98 Å². The number of thioether (sulfide) groups is 1. The van der Waals surface area contributed by atoms with Crippen LogP contribution in [0.4, 0.5) is 10.2 Å². The summed E-state index contributed by atoms with van der Waals surface area (Å²) >= 11 is 7.46. The molecule has 2 aromatic rings. The van der Waals surface area contributed by atoms with Gasteiger partial charge in [-0.15, -0.1) is 11.8 Å². The van der Waals surface area contributed by atoms with Crippen LogP contribution in [0.1, 0.15) is 5.69 Å². The highest BCUT2D eigenvalue weighted by atomic mass is 35.5. The Morgan fingerprint density at radius 1 is 1.29 bits per heavy atom. The Kier molecular flexibility index (Phi) is 3.86. The van der Waals surface area contributed by atoms with Crippen molar-refractivity contribution < 1.29 is 4.39 Å². The largest absolute Gasteiger partial charge is 0.384 e. The van der Waals surface area contributed by atoms with Crippen LogP contribution in [0.3, 0.4) is 0 Å². The van der Waals surface area contributed by atoms with Crippen molar-refractivity contribution in [3.05, 3.63) is 52.9 Å². The average molecular weight is 269 g/mol. The minimum absolute atomic E-state index is 0.248. The van der Waals surface area contributed by atoms with Gasteiger partial charge in [-0.1, -0.05) is 17.7 Å². The lowest BCUT2D eigenvalue weighted by molar-refractivity contribution is 0.624. The first-order chi connectivity index (χ1) is 8.15. The molecule has 0 atom stereocenters. The summed E-state index contributed by atoms with van der Waals surface area (Å²) < 4.78 is 13.0. The maximum atomic E-state index is 13.0. The number of rotatable bonds is 3. The van der Waals surface area contributed by atoms with Gasteiger partial charge in [0.15, 0.2) is 0 Å². The Labute approximate surface area is 108 Å². The summed E-state index contributed by atoms with van der Waals surface area (Å²) in [5, 5.41) is 0.572. The van der Waals surface area contributed by atoms with E-state index in [0.29, 0.717) is 22.3 Å². The molecule has 0 saturated carbocycles. The van der Waals surface area contributed by atoms with Gasteiger partial charge in [0.25, 0.3) is 0 Å². The molecule has 2 N–H and O–H groups in total. The molecule has 0 aliphatic heterocycles. The predicted molar refractivity (Wildman–Crippen MR) is 69.6 cm³/mol. The zero-order chi connectivity index (χ0) is 12.3. The van der Waals surface area contributed by atoms with E-state index < -0.39 is 0 Å². The van der Waals surface area contributed by atoms with Crippen molar-refractivity contribution in [2.24, 2.45) is 0 Å². The van der Waals surface area contributed by atoms with Crippen LogP contribution in [0.25, 0.3) is 0 Å². The molecule has 1 aromatic carbocycles. The molecule has 2 nitrogen and oxygen atoms in total. The highest BCUT2D eigenvalue weighted by molar-refractivity contribution is 7.98. The minimum Gasteiger partial charge on any atom is -0.384 e. The molecule has 0 bridgehead atoms. The van der Waals surface area contributed by atoms with Crippen molar-refractivity contribution >= 4 is 29.2 Å². The zero-order valence-corrected chi connectivity index (χ0v) is 10.4. The van der Waals surface area contributed by atoms with Crippen molar-refractivity contribution in [3.63, 3.8) is 0 Å². The normalized spacial score (nSPS) is 10.5. The van der Waals surface area contributed by atoms with E-state index in [4.69, 9.17) is 17.3 Å². The Balaban J connectivity index is 2.09. The lowest BCUT2D eigenvalue weighted by Crippen LogP contribution is -1.95. The highest BCUT2D eigenvalue weighted by Crippen LogP contribution is 2.26. The van der Waals surface area contributed by atoms with Gasteiger partial charge < -0.3 is 5.73 Å². The third kappa shape index (κ3) is 3.35. The summed E-state index contributed by atoms with van der Waals surface area (Å²) in [6.07, 6.45) is 0. The van der Waals surface area contributed by atoms with Crippen LogP contribution >= 0.6 is 23.4 Å². The fourth-order valence-corrected chi connectivity index (χ4v) is 2.46. The molecule has 17 heavy (non-hydrogen) atoms. The van der Waals surface area contributed by atoms with Crippen LogP contribution in [0.2, 0.25) is 5.02 Å². The van der Waals surface area contributed by atoms with Gasteiger partial charge in [0.2, 0.25) is 0 Å². The van der Waals surface area contributed by atoms with Crippen LogP contribution in [0.5, 0.6) is 0 Å². The Morgan fingerprint density at radius 3 is 2.88 bits per heavy atom. The predicted octanol–water partition coefficient (Wildman–Crippen LogP) is 3.75. The number of hydrogen-bond acceptors (Lipinski definition) is 3. The first-order valence-electron chi connectivity index (χ1n) is 4.94. The molecule has 5 heteroatoms. The third-order valence-electron chi connectivity index (χ3n) is 2.11. The lowest BCUT2D eigenvalue weighted by atomic mass is 10.3. The Morgan fingerprint density at radius 2 is 2.12 bits per heavy atom. The third-order valence-corrected chi connectivity index (χ3v) is 3.46. The summed E-state index contributed by atoms with van der Waals surface area (Å²) in [6, 6.07) is 9.77. The number of anilines is 1. The topological polar surface area (TPSA) is 38.9 Å². The molecule has 0 spiro atoms. The van der Waals surface area contributed by atoms with Gasteiger partial charge in [0.1, 0.15) is 11.6 Å². The number of benzene rings is 1. The molecule has 0 saturated heterocycles. The van der Waals surface area contributed by atoms with Gasteiger partial charge in [-0.25, -0.2) is 9.37 Å². The molecule has 0 radical (unpaired) electrons. The summed E-state index contributed by atoms with van der Waals surface area (Å²) in [6.45, 7) is 0. The summed E-state index contributed by atoms with van der Waals surface area (Å²) in [7, 11) is 0. The quantitative estimate of drug-likeness (QED) is 0.862. The smallest absolute Gasteiger partial charge is 0.124 e. The highest BCUT2D eigenvalue weighted by Gasteiger charge is 2.04. The molecule has 1 heterocycles. The van der Waals surface area contributed by atoms with E-state index in [9.17, 15) is 4.39 Å². The van der Waals surface area contributed by atoms with Gasteiger partial charge in [-0.2, -0.15) is 0 Å². The van der Waals surface area contributed by atoms with E-state index in [0.717, 1.165) is 4.90 Å². The molecular formula is C12H10ClFN2S. The molecule has 0 fully saturated rings. The number of halogens is 2. The van der Waals surface area contributed by atoms with E-state index in [1.165, 1.54) is 23.9 Å². The Bertz CT molecular complexity index is 534. The van der Waals surface area contributed by atoms with E-state index in [-0.39, 0.29) is 5.82 Å². The van der Waals surface area contributed by atoms with Crippen LogP contribution in [0.15, 0.2) is 41.3 Å². The van der Waals surface area contributed by atoms with Gasteiger partial charge in [0.05, 0.1) is 10.7 Å². The van der Waals surface area contributed by atoms with Gasteiger partial charge in [-0.05, 0) is 30.3 Å². The van der Waals surface area contributed by atoms with E-state index >= 15 is 0 Å².